The summed E-state index contributed by atoms with van der Waals surface area (Å²) >= 11 is 0. The summed E-state index contributed by atoms with van der Waals surface area (Å²) < 4.78 is 0. The van der Waals surface area contributed by atoms with Crippen LogP contribution in [0.1, 0.15) is 58.3 Å². The normalized spacial score (nSPS) is 20.7. The van der Waals surface area contributed by atoms with Crippen molar-refractivity contribution in [3.63, 3.8) is 0 Å². The van der Waals surface area contributed by atoms with Gasteiger partial charge in [0.05, 0.1) is 6.04 Å². The molecule has 14 heavy (non-hydrogen) atoms. The number of hydrogen-bond acceptors (Lipinski definition) is 2. The summed E-state index contributed by atoms with van der Waals surface area (Å²) in [7, 11) is 0. The second-order valence-electron chi connectivity index (χ2n) is 4.57. The van der Waals surface area contributed by atoms with Crippen LogP contribution < -0.4 is 5.73 Å². The monoisotopic (exact) mass is 197 g/mol. The van der Waals surface area contributed by atoms with Crippen LogP contribution >= 0.6 is 0 Å². The van der Waals surface area contributed by atoms with Crippen molar-refractivity contribution in [1.29, 1.82) is 0 Å². The van der Waals surface area contributed by atoms with Gasteiger partial charge < -0.3 is 5.73 Å². The van der Waals surface area contributed by atoms with E-state index in [1.165, 1.54) is 32.1 Å². The van der Waals surface area contributed by atoms with E-state index < -0.39 is 0 Å². The van der Waals surface area contributed by atoms with Crippen LogP contribution in [0.5, 0.6) is 0 Å². The predicted molar refractivity (Wildman–Crippen MR) is 59.1 cm³/mol. The molecule has 2 heteroatoms. The highest BCUT2D eigenvalue weighted by molar-refractivity contribution is 5.83. The Kier molecular flexibility index (Phi) is 5.16. The summed E-state index contributed by atoms with van der Waals surface area (Å²) in [6.45, 7) is 2.08. The summed E-state index contributed by atoms with van der Waals surface area (Å²) in [6, 6.07) is -0.193. The Hall–Kier alpha value is -0.370. The van der Waals surface area contributed by atoms with Gasteiger partial charge in [-0.1, -0.05) is 45.4 Å². The van der Waals surface area contributed by atoms with Gasteiger partial charge in [0.15, 0.2) is 0 Å². The Bertz CT molecular complexity index is 173. The van der Waals surface area contributed by atoms with E-state index in [9.17, 15) is 4.79 Å². The van der Waals surface area contributed by atoms with Gasteiger partial charge in [0.1, 0.15) is 5.78 Å². The van der Waals surface area contributed by atoms with Crippen LogP contribution in [0.2, 0.25) is 0 Å². The predicted octanol–water partition coefficient (Wildman–Crippen LogP) is 2.65. The summed E-state index contributed by atoms with van der Waals surface area (Å²) in [4.78, 5) is 11.7. The molecule has 2 nitrogen and oxygen atoms in total. The summed E-state index contributed by atoms with van der Waals surface area (Å²) in [5, 5.41) is 0. The minimum absolute atomic E-state index is 0.193. The van der Waals surface area contributed by atoms with Crippen LogP contribution in [-0.4, -0.2) is 11.8 Å². The van der Waals surface area contributed by atoms with Crippen LogP contribution in [0.4, 0.5) is 0 Å². The number of rotatable bonds is 5. The third kappa shape index (κ3) is 3.79. The van der Waals surface area contributed by atoms with Crippen molar-refractivity contribution >= 4 is 5.78 Å². The van der Waals surface area contributed by atoms with E-state index in [0.29, 0.717) is 11.7 Å². The fraction of sp³-hybridized carbons (Fsp3) is 0.917. The van der Waals surface area contributed by atoms with Crippen molar-refractivity contribution in [3.05, 3.63) is 0 Å². The molecule has 0 aromatic rings. The molecule has 1 aliphatic rings. The molecule has 1 fully saturated rings. The molecule has 1 saturated carbocycles. The average Bonchev–Trinajstić information content (AvgIpc) is 2.19. The number of hydrogen-bond donors (Lipinski definition) is 1. The van der Waals surface area contributed by atoms with Crippen LogP contribution in [0, 0.1) is 5.92 Å². The van der Waals surface area contributed by atoms with E-state index >= 15 is 0 Å². The molecule has 0 aromatic carbocycles. The van der Waals surface area contributed by atoms with Gasteiger partial charge in [0.25, 0.3) is 0 Å². The summed E-state index contributed by atoms with van der Waals surface area (Å²) in [5.74, 6) is 0.929. The van der Waals surface area contributed by atoms with E-state index in [2.05, 4.69) is 6.92 Å². The number of ketones is 1. The lowest BCUT2D eigenvalue weighted by Gasteiger charge is -2.22. The fourth-order valence-corrected chi connectivity index (χ4v) is 2.30. The first-order valence-electron chi connectivity index (χ1n) is 6.02. The maximum Gasteiger partial charge on any atom is 0.149 e. The van der Waals surface area contributed by atoms with E-state index in [4.69, 9.17) is 5.73 Å². The van der Waals surface area contributed by atoms with E-state index in [1.807, 2.05) is 0 Å². The molecule has 1 atom stereocenters. The Morgan fingerprint density at radius 2 is 2.00 bits per heavy atom. The van der Waals surface area contributed by atoms with E-state index in [1.54, 1.807) is 0 Å². The molecular weight excluding hydrogens is 174 g/mol. The Labute approximate surface area is 87.2 Å². The molecule has 0 aliphatic heterocycles. The van der Waals surface area contributed by atoms with Crippen molar-refractivity contribution in [3.8, 4) is 0 Å². The lowest BCUT2D eigenvalue weighted by Crippen LogP contribution is -2.31. The molecule has 0 saturated heterocycles. The Balaban J connectivity index is 2.24. The van der Waals surface area contributed by atoms with Crippen molar-refractivity contribution in [2.24, 2.45) is 11.7 Å². The second-order valence-corrected chi connectivity index (χ2v) is 4.57. The average molecular weight is 197 g/mol. The van der Waals surface area contributed by atoms with Gasteiger partial charge in [-0.3, -0.25) is 4.79 Å². The first-order valence-corrected chi connectivity index (χ1v) is 6.02. The highest BCUT2D eigenvalue weighted by Crippen LogP contribution is 2.26. The molecular formula is C12H23NO. The van der Waals surface area contributed by atoms with Crippen LogP contribution in [0.3, 0.4) is 0 Å². The zero-order valence-corrected chi connectivity index (χ0v) is 9.30. The van der Waals surface area contributed by atoms with Gasteiger partial charge in [0.2, 0.25) is 0 Å². The lowest BCUT2D eigenvalue weighted by molar-refractivity contribution is -0.121. The van der Waals surface area contributed by atoms with E-state index in [-0.39, 0.29) is 6.04 Å². The minimum atomic E-state index is -0.193. The highest BCUT2D eigenvalue weighted by Gasteiger charge is 2.20. The van der Waals surface area contributed by atoms with Gasteiger partial charge >= 0.3 is 0 Å². The minimum Gasteiger partial charge on any atom is -0.322 e. The zero-order valence-electron chi connectivity index (χ0n) is 9.30. The highest BCUT2D eigenvalue weighted by atomic mass is 16.1. The van der Waals surface area contributed by atoms with Crippen molar-refractivity contribution in [2.45, 2.75) is 64.3 Å². The molecule has 0 spiro atoms. The standard InChI is InChI=1S/C12H23NO/c1-2-6-11(13)12(14)9-10-7-4-3-5-8-10/h10-11H,2-9,13H2,1H3. The molecule has 0 radical (unpaired) electrons. The van der Waals surface area contributed by atoms with Crippen LogP contribution in [-0.2, 0) is 4.79 Å². The van der Waals surface area contributed by atoms with E-state index in [0.717, 1.165) is 19.3 Å². The quantitative estimate of drug-likeness (QED) is 0.736. The number of nitrogens with two attached hydrogens (primary N) is 1. The third-order valence-corrected chi connectivity index (χ3v) is 3.23. The Morgan fingerprint density at radius 3 is 2.57 bits per heavy atom. The molecule has 1 unspecified atom stereocenters. The summed E-state index contributed by atoms with van der Waals surface area (Å²) in [6.07, 6.45) is 9.05. The lowest BCUT2D eigenvalue weighted by atomic mass is 9.84. The first-order chi connectivity index (χ1) is 6.74. The molecule has 2 N–H and O–H groups in total. The first kappa shape index (κ1) is 11.7. The largest absolute Gasteiger partial charge is 0.322 e. The van der Waals surface area contributed by atoms with Gasteiger partial charge in [0, 0.05) is 6.42 Å². The third-order valence-electron chi connectivity index (χ3n) is 3.23. The van der Waals surface area contributed by atoms with Gasteiger partial charge in [-0.05, 0) is 12.3 Å². The molecule has 0 heterocycles. The van der Waals surface area contributed by atoms with Crippen LogP contribution in [0.25, 0.3) is 0 Å². The van der Waals surface area contributed by atoms with Crippen molar-refractivity contribution in [2.75, 3.05) is 0 Å². The molecule has 82 valence electrons. The zero-order chi connectivity index (χ0) is 10.4. The van der Waals surface area contributed by atoms with Gasteiger partial charge in [-0.2, -0.15) is 0 Å². The number of carbonyl (C=O) groups excluding carboxylic acids is 1. The maximum atomic E-state index is 11.7. The van der Waals surface area contributed by atoms with Crippen LogP contribution in [0.15, 0.2) is 0 Å². The fourth-order valence-electron chi connectivity index (χ4n) is 2.30. The van der Waals surface area contributed by atoms with Crippen molar-refractivity contribution in [1.82, 2.24) is 0 Å². The molecule has 0 amide bonds. The number of carbonyl (C=O) groups is 1. The second kappa shape index (κ2) is 6.18. The number of Topliss-reactive ketones (excluding diaryl/α,β-unsaturated/α-hetero) is 1. The molecule has 1 aliphatic carbocycles. The molecule has 0 bridgehead atoms. The Morgan fingerprint density at radius 1 is 1.36 bits per heavy atom. The topological polar surface area (TPSA) is 43.1 Å². The van der Waals surface area contributed by atoms with Gasteiger partial charge in [-0.25, -0.2) is 0 Å². The van der Waals surface area contributed by atoms with Crippen molar-refractivity contribution < 1.29 is 4.79 Å². The molecule has 1 rings (SSSR count). The smallest absolute Gasteiger partial charge is 0.149 e. The molecule has 0 aromatic heterocycles. The SMILES string of the molecule is CCCC(N)C(=O)CC1CCCCC1. The summed E-state index contributed by atoms with van der Waals surface area (Å²) in [5.41, 5.74) is 5.80. The maximum absolute atomic E-state index is 11.7. The van der Waals surface area contributed by atoms with Gasteiger partial charge in [-0.15, -0.1) is 0 Å².